The molecule has 0 aliphatic heterocycles. The van der Waals surface area contributed by atoms with Crippen LogP contribution in [0.4, 0.5) is 13.2 Å². The summed E-state index contributed by atoms with van der Waals surface area (Å²) in [6.45, 7) is -0.538. The van der Waals surface area contributed by atoms with Crippen molar-refractivity contribution in [2.45, 2.75) is 19.2 Å². The average molecular weight is 263 g/mol. The van der Waals surface area contributed by atoms with Gasteiger partial charge in [-0.1, -0.05) is 11.2 Å². The summed E-state index contributed by atoms with van der Waals surface area (Å²) >= 11 is 0. The highest BCUT2D eigenvalue weighted by Crippen LogP contribution is 2.19. The fraction of sp³-hybridized carbons (Fsp3) is 0.400. The van der Waals surface area contributed by atoms with Crippen molar-refractivity contribution in [2.75, 3.05) is 6.61 Å². The van der Waals surface area contributed by atoms with Gasteiger partial charge >= 0.3 is 6.18 Å². The van der Waals surface area contributed by atoms with Gasteiger partial charge in [0.05, 0.1) is 19.6 Å². The quantitative estimate of drug-likeness (QED) is 0.278. The molecule has 0 saturated carbocycles. The van der Waals surface area contributed by atoms with Crippen LogP contribution in [0.1, 0.15) is 17.7 Å². The van der Waals surface area contributed by atoms with E-state index in [1.165, 1.54) is 6.20 Å². The van der Waals surface area contributed by atoms with E-state index in [0.29, 0.717) is 5.56 Å². The summed E-state index contributed by atoms with van der Waals surface area (Å²) in [5, 5.41) is 11.3. The summed E-state index contributed by atoms with van der Waals surface area (Å²) in [5.74, 6) is -0.218. The van der Waals surface area contributed by atoms with Gasteiger partial charge < -0.3 is 15.7 Å². The van der Waals surface area contributed by atoms with E-state index in [2.05, 4.69) is 10.1 Å². The zero-order valence-corrected chi connectivity index (χ0v) is 9.31. The van der Waals surface area contributed by atoms with Crippen molar-refractivity contribution in [1.82, 2.24) is 4.98 Å². The molecule has 1 heterocycles. The van der Waals surface area contributed by atoms with Crippen molar-refractivity contribution in [2.24, 2.45) is 10.9 Å². The number of hydrogen-bond acceptors (Lipinski definition) is 4. The summed E-state index contributed by atoms with van der Waals surface area (Å²) in [7, 11) is 0. The van der Waals surface area contributed by atoms with Gasteiger partial charge in [0.15, 0.2) is 5.84 Å². The first-order chi connectivity index (χ1) is 8.44. The Bertz CT molecular complexity index is 421. The lowest BCUT2D eigenvalue weighted by molar-refractivity contribution is -0.146. The smallest absolute Gasteiger partial charge is 0.391 e. The Morgan fingerprint density at radius 1 is 1.50 bits per heavy atom. The lowest BCUT2D eigenvalue weighted by Gasteiger charge is -2.09. The number of oxime groups is 1. The number of alkyl halides is 3. The van der Waals surface area contributed by atoms with Crippen molar-refractivity contribution in [3.63, 3.8) is 0 Å². The molecule has 0 radical (unpaired) electrons. The molecule has 8 heteroatoms. The summed E-state index contributed by atoms with van der Waals surface area (Å²) in [4.78, 5) is 3.86. The number of amidine groups is 1. The number of ether oxygens (including phenoxy) is 1. The first-order valence-electron chi connectivity index (χ1n) is 5.00. The van der Waals surface area contributed by atoms with Crippen molar-refractivity contribution >= 4 is 5.84 Å². The molecule has 1 aromatic heterocycles. The van der Waals surface area contributed by atoms with E-state index in [9.17, 15) is 13.2 Å². The molecule has 0 aliphatic rings. The first-order valence-corrected chi connectivity index (χ1v) is 5.00. The van der Waals surface area contributed by atoms with Gasteiger partial charge in [-0.15, -0.1) is 0 Å². The predicted octanol–water partition coefficient (Wildman–Crippen LogP) is 1.65. The zero-order valence-electron chi connectivity index (χ0n) is 9.31. The van der Waals surface area contributed by atoms with Crippen LogP contribution in [-0.2, 0) is 11.3 Å². The van der Waals surface area contributed by atoms with Crippen molar-refractivity contribution in [3.05, 3.63) is 29.6 Å². The Morgan fingerprint density at radius 2 is 2.22 bits per heavy atom. The molecular formula is C10H12F3N3O2. The molecular weight excluding hydrogens is 251 g/mol. The molecule has 0 fully saturated rings. The zero-order chi connectivity index (χ0) is 13.6. The molecule has 0 bridgehead atoms. The van der Waals surface area contributed by atoms with Gasteiger partial charge in [-0.3, -0.25) is 4.98 Å². The van der Waals surface area contributed by atoms with Crippen LogP contribution in [0.5, 0.6) is 0 Å². The summed E-state index contributed by atoms with van der Waals surface area (Å²) in [5.41, 5.74) is 6.01. The van der Waals surface area contributed by atoms with Crippen LogP contribution >= 0.6 is 0 Å². The molecule has 0 unspecified atom stereocenters. The largest absolute Gasteiger partial charge is 0.409 e. The van der Waals surface area contributed by atoms with Gasteiger partial charge in [-0.25, -0.2) is 0 Å². The van der Waals surface area contributed by atoms with Crippen molar-refractivity contribution < 1.29 is 23.1 Å². The number of pyridine rings is 1. The summed E-state index contributed by atoms with van der Waals surface area (Å²) in [6.07, 6.45) is -3.85. The van der Waals surface area contributed by atoms with E-state index in [-0.39, 0.29) is 18.1 Å². The lowest BCUT2D eigenvalue weighted by atomic mass is 10.2. The molecule has 1 aromatic rings. The molecule has 0 aliphatic carbocycles. The van der Waals surface area contributed by atoms with Crippen LogP contribution in [-0.4, -0.2) is 28.8 Å². The van der Waals surface area contributed by atoms with Gasteiger partial charge in [0.1, 0.15) is 5.69 Å². The Hall–Kier alpha value is -1.83. The Labute approximate surface area is 101 Å². The number of aromatic nitrogens is 1. The fourth-order valence-corrected chi connectivity index (χ4v) is 1.20. The second-order valence-corrected chi connectivity index (χ2v) is 3.41. The van der Waals surface area contributed by atoms with E-state index in [4.69, 9.17) is 15.7 Å². The minimum atomic E-state index is -4.25. The van der Waals surface area contributed by atoms with E-state index in [0.717, 1.165) is 0 Å². The van der Waals surface area contributed by atoms with Crippen LogP contribution in [0.2, 0.25) is 0 Å². The minimum Gasteiger partial charge on any atom is -0.409 e. The number of halogens is 3. The van der Waals surface area contributed by atoms with E-state index in [1.54, 1.807) is 12.1 Å². The molecule has 0 amide bonds. The topological polar surface area (TPSA) is 80.7 Å². The maximum atomic E-state index is 11.9. The minimum absolute atomic E-state index is 0.0878. The second-order valence-electron chi connectivity index (χ2n) is 3.41. The SMILES string of the molecule is N/C(=N/O)c1ncccc1COCCC(F)(F)F. The third-order valence-corrected chi connectivity index (χ3v) is 2.03. The molecule has 0 spiro atoms. The summed E-state index contributed by atoms with van der Waals surface area (Å²) < 4.78 is 40.5. The van der Waals surface area contributed by atoms with Crippen molar-refractivity contribution in [1.29, 1.82) is 0 Å². The molecule has 0 aromatic carbocycles. The Balaban J connectivity index is 2.57. The fourth-order valence-electron chi connectivity index (χ4n) is 1.20. The number of nitrogens with two attached hydrogens (primary N) is 1. The molecule has 1 rings (SSSR count). The number of nitrogens with zero attached hydrogens (tertiary/aromatic N) is 2. The van der Waals surface area contributed by atoms with Gasteiger partial charge in [0, 0.05) is 11.8 Å². The Kier molecular flexibility index (Phi) is 4.90. The second kappa shape index (κ2) is 6.20. The van der Waals surface area contributed by atoms with E-state index in [1.807, 2.05) is 0 Å². The van der Waals surface area contributed by atoms with Gasteiger partial charge in [0.25, 0.3) is 0 Å². The maximum absolute atomic E-state index is 11.9. The monoisotopic (exact) mass is 263 g/mol. The van der Waals surface area contributed by atoms with Gasteiger partial charge in [0.2, 0.25) is 0 Å². The van der Waals surface area contributed by atoms with Crippen LogP contribution in [0.3, 0.4) is 0 Å². The molecule has 0 saturated heterocycles. The third-order valence-electron chi connectivity index (χ3n) is 2.03. The molecule has 100 valence electrons. The molecule has 18 heavy (non-hydrogen) atoms. The average Bonchev–Trinajstić information content (AvgIpc) is 2.33. The van der Waals surface area contributed by atoms with Gasteiger partial charge in [-0.05, 0) is 6.07 Å². The molecule has 0 atom stereocenters. The third kappa shape index (κ3) is 4.58. The maximum Gasteiger partial charge on any atom is 0.391 e. The normalized spacial score (nSPS) is 12.7. The predicted molar refractivity (Wildman–Crippen MR) is 57.1 cm³/mol. The van der Waals surface area contributed by atoms with Crippen LogP contribution in [0, 0.1) is 0 Å². The molecule has 3 N–H and O–H groups in total. The molecule has 5 nitrogen and oxygen atoms in total. The standard InChI is InChI=1S/C10H12F3N3O2/c11-10(12,13)3-5-18-6-7-2-1-4-15-8(7)9(14)16-17/h1-2,4,17H,3,5-6H2,(H2,14,16). The number of rotatable bonds is 5. The van der Waals surface area contributed by atoms with Gasteiger partial charge in [-0.2, -0.15) is 13.2 Å². The Morgan fingerprint density at radius 3 is 2.83 bits per heavy atom. The summed E-state index contributed by atoms with van der Waals surface area (Å²) in [6, 6.07) is 3.16. The number of hydrogen-bond donors (Lipinski definition) is 2. The van der Waals surface area contributed by atoms with Crippen LogP contribution < -0.4 is 5.73 Å². The van der Waals surface area contributed by atoms with Crippen LogP contribution in [0.15, 0.2) is 23.5 Å². The first kappa shape index (κ1) is 14.2. The van der Waals surface area contributed by atoms with E-state index >= 15 is 0 Å². The highest BCUT2D eigenvalue weighted by molar-refractivity contribution is 5.96. The highest BCUT2D eigenvalue weighted by atomic mass is 19.4. The lowest BCUT2D eigenvalue weighted by Crippen LogP contribution is -2.18. The van der Waals surface area contributed by atoms with E-state index < -0.39 is 19.2 Å². The van der Waals surface area contributed by atoms with Crippen LogP contribution in [0.25, 0.3) is 0 Å². The highest BCUT2D eigenvalue weighted by Gasteiger charge is 2.26. The van der Waals surface area contributed by atoms with Crippen molar-refractivity contribution in [3.8, 4) is 0 Å².